The van der Waals surface area contributed by atoms with E-state index in [2.05, 4.69) is 15.9 Å². The number of ether oxygens (including phenoxy) is 2. The van der Waals surface area contributed by atoms with Crippen LogP contribution in [0.5, 0.6) is 0 Å². The lowest BCUT2D eigenvalue weighted by Crippen LogP contribution is -2.61. The first kappa shape index (κ1) is 27.4. The quantitative estimate of drug-likeness (QED) is 0.541. The molecule has 1 unspecified atom stereocenters. The van der Waals surface area contributed by atoms with Gasteiger partial charge in [0.05, 0.1) is 19.1 Å². The predicted molar refractivity (Wildman–Crippen MR) is 142 cm³/mol. The molecule has 0 radical (unpaired) electrons. The molecule has 2 aliphatic heterocycles. The molecular formula is C27H37BrN4O5. The fourth-order valence-electron chi connectivity index (χ4n) is 5.28. The maximum absolute atomic E-state index is 12.8. The largest absolute Gasteiger partial charge is 0.445 e. The summed E-state index contributed by atoms with van der Waals surface area (Å²) < 4.78 is 13.5. The molecule has 0 aliphatic carbocycles. The number of aromatic nitrogens is 2. The van der Waals surface area contributed by atoms with E-state index in [1.54, 1.807) is 4.90 Å². The monoisotopic (exact) mass is 576 g/mol. The van der Waals surface area contributed by atoms with Crippen LogP contribution >= 0.6 is 15.9 Å². The Balaban J connectivity index is 1.41. The summed E-state index contributed by atoms with van der Waals surface area (Å²) in [6, 6.07) is 9.54. The Kier molecular flexibility index (Phi) is 7.38. The first-order valence-electron chi connectivity index (χ1n) is 12.6. The van der Waals surface area contributed by atoms with E-state index in [1.165, 1.54) is 4.90 Å². The van der Waals surface area contributed by atoms with E-state index in [-0.39, 0.29) is 31.8 Å². The highest BCUT2D eigenvalue weighted by Crippen LogP contribution is 2.42. The summed E-state index contributed by atoms with van der Waals surface area (Å²) in [6.07, 6.45) is 0.647. The topological polar surface area (TPSA) is 97.1 Å². The van der Waals surface area contributed by atoms with Crippen molar-refractivity contribution in [2.75, 3.05) is 19.6 Å². The van der Waals surface area contributed by atoms with Crippen molar-refractivity contribution in [2.45, 2.75) is 83.8 Å². The molecule has 0 bridgehead atoms. The van der Waals surface area contributed by atoms with Crippen LogP contribution in [0.4, 0.5) is 9.59 Å². The number of rotatable bonds is 4. The van der Waals surface area contributed by atoms with Gasteiger partial charge in [-0.1, -0.05) is 30.3 Å². The summed E-state index contributed by atoms with van der Waals surface area (Å²) in [4.78, 5) is 28.6. The number of nitrogens with zero attached hydrogens (tertiary/aromatic N) is 4. The number of halogens is 1. The molecule has 1 aromatic heterocycles. The summed E-state index contributed by atoms with van der Waals surface area (Å²) in [5.41, 5.74) is 0.253. The zero-order valence-corrected chi connectivity index (χ0v) is 24.0. The third-order valence-electron chi connectivity index (χ3n) is 7.05. The third-order valence-corrected chi connectivity index (χ3v) is 7.61. The maximum atomic E-state index is 12.8. The van der Waals surface area contributed by atoms with Crippen LogP contribution in [0.3, 0.4) is 0 Å². The molecule has 2 aliphatic rings. The van der Waals surface area contributed by atoms with E-state index >= 15 is 0 Å². The number of β-amino-alcohol motifs (C(OH)–C–C–N with tert-alkyl or cyclic N) is 1. The lowest BCUT2D eigenvalue weighted by molar-refractivity contribution is -0.0958. The first-order chi connectivity index (χ1) is 17.2. The van der Waals surface area contributed by atoms with Crippen LogP contribution in [0.2, 0.25) is 0 Å². The van der Waals surface area contributed by atoms with Crippen LogP contribution in [0.15, 0.2) is 34.9 Å². The van der Waals surface area contributed by atoms with Crippen LogP contribution in [0.25, 0.3) is 0 Å². The molecule has 37 heavy (non-hydrogen) atoms. The van der Waals surface area contributed by atoms with E-state index in [9.17, 15) is 14.7 Å². The highest BCUT2D eigenvalue weighted by molar-refractivity contribution is 9.10. The van der Waals surface area contributed by atoms with Crippen molar-refractivity contribution in [1.82, 2.24) is 19.6 Å². The van der Waals surface area contributed by atoms with E-state index in [0.717, 1.165) is 11.3 Å². The Bertz CT molecular complexity index is 1150. The molecule has 2 aromatic rings. The SMILES string of the molecule is Cc1c(C2(O)CN(C(=O)OCc3ccccc3)C2)c(Br)nn1C1CCN(C(=O)OC(C)(C)C)C(C)(C)C1. The van der Waals surface area contributed by atoms with Gasteiger partial charge in [0, 0.05) is 23.3 Å². The van der Waals surface area contributed by atoms with Gasteiger partial charge in [-0.05, 0) is 75.9 Å². The summed E-state index contributed by atoms with van der Waals surface area (Å²) >= 11 is 3.55. The second kappa shape index (κ2) is 9.94. The summed E-state index contributed by atoms with van der Waals surface area (Å²) in [5.74, 6) is 0. The number of aliphatic hydroxyl groups is 1. The molecule has 2 amide bonds. The van der Waals surface area contributed by atoms with Gasteiger partial charge in [0.25, 0.3) is 0 Å². The molecule has 202 valence electrons. The molecule has 2 fully saturated rings. The van der Waals surface area contributed by atoms with Crippen molar-refractivity contribution < 1.29 is 24.2 Å². The standard InChI is InChI=1S/C27H37BrN4O5/c1-18-21(27(35)16-30(17-27)23(33)36-15-19-10-8-7-9-11-19)22(28)29-32(18)20-12-13-31(26(5,6)14-20)24(34)37-25(2,3)4/h7-11,20,35H,12-17H2,1-6H3. The molecule has 4 rings (SSSR count). The van der Waals surface area contributed by atoms with Gasteiger partial charge in [-0.15, -0.1) is 0 Å². The van der Waals surface area contributed by atoms with Gasteiger partial charge in [-0.3, -0.25) is 4.68 Å². The number of benzene rings is 1. The molecule has 0 spiro atoms. The molecule has 10 heteroatoms. The number of carbonyl (C=O) groups excluding carboxylic acids is 2. The number of carbonyl (C=O) groups is 2. The zero-order chi connectivity index (χ0) is 27.2. The highest BCUT2D eigenvalue weighted by atomic mass is 79.9. The number of hydrogen-bond acceptors (Lipinski definition) is 6. The van der Waals surface area contributed by atoms with Crippen molar-refractivity contribution in [2.24, 2.45) is 0 Å². The van der Waals surface area contributed by atoms with Crippen molar-refractivity contribution in [1.29, 1.82) is 0 Å². The number of piperidine rings is 1. The first-order valence-corrected chi connectivity index (χ1v) is 13.4. The van der Waals surface area contributed by atoms with Crippen LogP contribution < -0.4 is 0 Å². The minimum Gasteiger partial charge on any atom is -0.445 e. The fraction of sp³-hybridized carbons (Fsp3) is 0.593. The molecular weight excluding hydrogens is 540 g/mol. The lowest BCUT2D eigenvalue weighted by atomic mass is 9.85. The van der Waals surface area contributed by atoms with Crippen LogP contribution in [0, 0.1) is 6.92 Å². The molecule has 1 N–H and O–H groups in total. The second-order valence-electron chi connectivity index (χ2n) is 11.7. The van der Waals surface area contributed by atoms with Gasteiger partial charge < -0.3 is 24.4 Å². The van der Waals surface area contributed by atoms with Gasteiger partial charge in [-0.25, -0.2) is 9.59 Å². The summed E-state index contributed by atoms with van der Waals surface area (Å²) in [6.45, 7) is 12.6. The summed E-state index contributed by atoms with van der Waals surface area (Å²) in [5, 5.41) is 16.1. The van der Waals surface area contributed by atoms with Gasteiger partial charge in [0.15, 0.2) is 0 Å². The molecule has 0 saturated carbocycles. The third kappa shape index (κ3) is 5.80. The Morgan fingerprint density at radius 2 is 1.81 bits per heavy atom. The Morgan fingerprint density at radius 3 is 2.41 bits per heavy atom. The van der Waals surface area contributed by atoms with E-state index in [1.807, 2.05) is 76.6 Å². The minimum atomic E-state index is -1.21. The highest BCUT2D eigenvalue weighted by Gasteiger charge is 2.50. The van der Waals surface area contributed by atoms with Crippen LogP contribution in [-0.2, 0) is 21.7 Å². The van der Waals surface area contributed by atoms with Crippen LogP contribution in [-0.4, -0.2) is 67.6 Å². The van der Waals surface area contributed by atoms with Gasteiger partial charge in [0.2, 0.25) is 0 Å². The number of likely N-dealkylation sites (tertiary alicyclic amines) is 2. The molecule has 3 heterocycles. The average molecular weight is 578 g/mol. The smallest absolute Gasteiger partial charge is 0.410 e. The average Bonchev–Trinajstić information content (AvgIpc) is 3.08. The second-order valence-corrected chi connectivity index (χ2v) is 12.5. The number of amides is 2. The van der Waals surface area contributed by atoms with Gasteiger partial charge >= 0.3 is 12.2 Å². The van der Waals surface area contributed by atoms with Crippen molar-refractivity contribution in [3.05, 3.63) is 51.8 Å². The van der Waals surface area contributed by atoms with Crippen molar-refractivity contribution in [3.8, 4) is 0 Å². The van der Waals surface area contributed by atoms with E-state index < -0.39 is 22.8 Å². The lowest BCUT2D eigenvalue weighted by Gasteiger charge is -2.46. The fourth-order valence-corrected chi connectivity index (χ4v) is 6.11. The molecule has 9 nitrogen and oxygen atoms in total. The number of hydrogen-bond donors (Lipinski definition) is 1. The normalized spacial score (nSPS) is 20.8. The predicted octanol–water partition coefficient (Wildman–Crippen LogP) is 5.14. The van der Waals surface area contributed by atoms with Crippen LogP contribution in [0.1, 0.15) is 70.3 Å². The molecule has 1 atom stereocenters. The maximum Gasteiger partial charge on any atom is 0.410 e. The molecule has 1 aromatic carbocycles. The zero-order valence-electron chi connectivity index (χ0n) is 22.5. The Morgan fingerprint density at radius 1 is 1.16 bits per heavy atom. The van der Waals surface area contributed by atoms with Crippen molar-refractivity contribution in [3.63, 3.8) is 0 Å². The molecule has 2 saturated heterocycles. The van der Waals surface area contributed by atoms with Gasteiger partial charge in [-0.2, -0.15) is 5.10 Å². The Labute approximate surface area is 226 Å². The minimum absolute atomic E-state index is 0.0503. The van der Waals surface area contributed by atoms with Crippen molar-refractivity contribution >= 4 is 28.1 Å². The Hall–Kier alpha value is -2.59. The van der Waals surface area contributed by atoms with E-state index in [4.69, 9.17) is 14.6 Å². The summed E-state index contributed by atoms with van der Waals surface area (Å²) in [7, 11) is 0. The van der Waals surface area contributed by atoms with Gasteiger partial charge in [0.1, 0.15) is 22.4 Å². The van der Waals surface area contributed by atoms with E-state index in [0.29, 0.717) is 29.6 Å².